The van der Waals surface area contributed by atoms with Crippen molar-refractivity contribution in [2.24, 2.45) is 0 Å². The van der Waals surface area contributed by atoms with Crippen molar-refractivity contribution in [3.8, 4) is 11.1 Å². The molecule has 0 unspecified atom stereocenters. The van der Waals surface area contributed by atoms with Crippen LogP contribution in [0.25, 0.3) is 22.2 Å². The number of benzene rings is 2. The maximum atomic E-state index is 6.26. The minimum atomic E-state index is 0.675. The molecule has 1 aromatic heterocycles. The van der Waals surface area contributed by atoms with Crippen LogP contribution in [0, 0.1) is 6.92 Å². The van der Waals surface area contributed by atoms with Crippen molar-refractivity contribution in [2.75, 3.05) is 18.5 Å². The van der Waals surface area contributed by atoms with E-state index in [0.717, 1.165) is 28.7 Å². The molecule has 1 heterocycles. The zero-order valence-corrected chi connectivity index (χ0v) is 13.7. The van der Waals surface area contributed by atoms with Crippen LogP contribution in [0.15, 0.2) is 42.7 Å². The molecule has 0 aliphatic heterocycles. The fourth-order valence-corrected chi connectivity index (χ4v) is 2.83. The molecule has 0 saturated heterocycles. The van der Waals surface area contributed by atoms with Gasteiger partial charge in [-0.1, -0.05) is 23.7 Å². The average molecular weight is 312 g/mol. The van der Waals surface area contributed by atoms with Crippen LogP contribution in [0.2, 0.25) is 5.02 Å². The van der Waals surface area contributed by atoms with E-state index in [2.05, 4.69) is 54.0 Å². The molecule has 0 aliphatic carbocycles. The van der Waals surface area contributed by atoms with Crippen LogP contribution in [-0.2, 0) is 0 Å². The van der Waals surface area contributed by atoms with Gasteiger partial charge in [0.15, 0.2) is 0 Å². The van der Waals surface area contributed by atoms with E-state index >= 15 is 0 Å². The van der Waals surface area contributed by atoms with Crippen LogP contribution < -0.4 is 4.90 Å². The largest absolute Gasteiger partial charge is 0.375 e. The van der Waals surface area contributed by atoms with Gasteiger partial charge in [-0.3, -0.25) is 9.97 Å². The Hall–Kier alpha value is -2.13. The lowest BCUT2D eigenvalue weighted by molar-refractivity contribution is 0.961. The quantitative estimate of drug-likeness (QED) is 0.701. The van der Waals surface area contributed by atoms with Crippen molar-refractivity contribution in [2.45, 2.75) is 13.8 Å². The third-order valence-electron chi connectivity index (χ3n) is 3.94. The second kappa shape index (κ2) is 5.93. The minimum absolute atomic E-state index is 0.675. The number of fused-ring (bicyclic) bond motifs is 1. The second-order valence-corrected chi connectivity index (χ2v) is 5.83. The predicted octanol–water partition coefficient (Wildman–Crippen LogP) is 4.71. The number of aromatic nitrogens is 2. The molecule has 3 nitrogen and oxygen atoms in total. The second-order valence-electron chi connectivity index (χ2n) is 5.39. The highest BCUT2D eigenvalue weighted by atomic mass is 35.5. The van der Waals surface area contributed by atoms with Gasteiger partial charge in [-0.2, -0.15) is 0 Å². The molecule has 0 amide bonds. The molecule has 0 saturated carbocycles. The molecule has 22 heavy (non-hydrogen) atoms. The number of anilines is 1. The Bertz CT molecular complexity index is 830. The standard InChI is InChI=1S/C18H18ClN3/c1-4-22(3)17-9-13(6-5-12(17)2)15-10-14(19)11-16-18(15)21-8-7-20-16/h5-11H,4H2,1-3H3. The summed E-state index contributed by atoms with van der Waals surface area (Å²) in [7, 11) is 2.10. The van der Waals surface area contributed by atoms with Crippen molar-refractivity contribution >= 4 is 28.3 Å². The van der Waals surface area contributed by atoms with Gasteiger partial charge in [-0.05, 0) is 43.2 Å². The number of nitrogens with zero attached hydrogens (tertiary/aromatic N) is 3. The highest BCUT2D eigenvalue weighted by Gasteiger charge is 2.11. The van der Waals surface area contributed by atoms with Crippen molar-refractivity contribution < 1.29 is 0 Å². The van der Waals surface area contributed by atoms with E-state index in [1.54, 1.807) is 12.4 Å². The van der Waals surface area contributed by atoms with Gasteiger partial charge in [0, 0.05) is 42.3 Å². The zero-order chi connectivity index (χ0) is 15.7. The van der Waals surface area contributed by atoms with Gasteiger partial charge in [0.05, 0.1) is 11.0 Å². The summed E-state index contributed by atoms with van der Waals surface area (Å²) in [6, 6.07) is 10.3. The van der Waals surface area contributed by atoms with Gasteiger partial charge in [-0.15, -0.1) is 0 Å². The Morgan fingerprint density at radius 2 is 1.86 bits per heavy atom. The SMILES string of the molecule is CCN(C)c1cc(-c2cc(Cl)cc3nccnc23)ccc1C. The van der Waals surface area contributed by atoms with Crippen LogP contribution in [0.1, 0.15) is 12.5 Å². The Morgan fingerprint density at radius 1 is 1.09 bits per heavy atom. The monoisotopic (exact) mass is 311 g/mol. The first kappa shape index (κ1) is 14.8. The summed E-state index contributed by atoms with van der Waals surface area (Å²) in [5.74, 6) is 0. The first-order valence-electron chi connectivity index (χ1n) is 7.32. The molecule has 3 rings (SSSR count). The number of rotatable bonds is 3. The number of halogens is 1. The Labute approximate surface area is 135 Å². The lowest BCUT2D eigenvalue weighted by Gasteiger charge is -2.20. The summed E-state index contributed by atoms with van der Waals surface area (Å²) in [5.41, 5.74) is 6.29. The maximum Gasteiger partial charge on any atom is 0.0966 e. The van der Waals surface area contributed by atoms with Gasteiger partial charge < -0.3 is 4.90 Å². The van der Waals surface area contributed by atoms with Crippen molar-refractivity contribution in [1.29, 1.82) is 0 Å². The fraction of sp³-hybridized carbons (Fsp3) is 0.222. The van der Waals surface area contributed by atoms with Gasteiger partial charge >= 0.3 is 0 Å². The number of hydrogen-bond acceptors (Lipinski definition) is 3. The summed E-state index contributed by atoms with van der Waals surface area (Å²) < 4.78 is 0. The summed E-state index contributed by atoms with van der Waals surface area (Å²) in [6.45, 7) is 5.23. The van der Waals surface area contributed by atoms with E-state index < -0.39 is 0 Å². The smallest absolute Gasteiger partial charge is 0.0966 e. The third-order valence-corrected chi connectivity index (χ3v) is 4.16. The van der Waals surface area contributed by atoms with E-state index in [0.29, 0.717) is 5.02 Å². The fourth-order valence-electron chi connectivity index (χ4n) is 2.62. The Kier molecular flexibility index (Phi) is 3.99. The lowest BCUT2D eigenvalue weighted by Crippen LogP contribution is -2.16. The van der Waals surface area contributed by atoms with Crippen molar-refractivity contribution in [3.63, 3.8) is 0 Å². The minimum Gasteiger partial charge on any atom is -0.375 e. The molecule has 0 bridgehead atoms. The molecule has 0 fully saturated rings. The van der Waals surface area contributed by atoms with Gasteiger partial charge in [0.1, 0.15) is 0 Å². The van der Waals surface area contributed by atoms with Crippen molar-refractivity contribution in [3.05, 3.63) is 53.3 Å². The number of hydrogen-bond donors (Lipinski definition) is 0. The van der Waals surface area contributed by atoms with E-state index in [1.165, 1.54) is 11.3 Å². The van der Waals surface area contributed by atoms with Crippen molar-refractivity contribution in [1.82, 2.24) is 9.97 Å². The topological polar surface area (TPSA) is 29.0 Å². The van der Waals surface area contributed by atoms with Crippen LogP contribution in [0.3, 0.4) is 0 Å². The van der Waals surface area contributed by atoms with E-state index in [4.69, 9.17) is 11.6 Å². The lowest BCUT2D eigenvalue weighted by atomic mass is 10.0. The van der Waals surface area contributed by atoms with Crippen LogP contribution in [0.5, 0.6) is 0 Å². The average Bonchev–Trinajstić information content (AvgIpc) is 2.54. The van der Waals surface area contributed by atoms with Crippen LogP contribution >= 0.6 is 11.6 Å². The maximum absolute atomic E-state index is 6.26. The molecule has 0 N–H and O–H groups in total. The summed E-state index contributed by atoms with van der Waals surface area (Å²) >= 11 is 6.26. The van der Waals surface area contributed by atoms with E-state index in [9.17, 15) is 0 Å². The molecule has 3 aromatic rings. The Balaban J connectivity index is 2.24. The first-order chi connectivity index (χ1) is 10.6. The predicted molar refractivity (Wildman–Crippen MR) is 93.7 cm³/mol. The Morgan fingerprint density at radius 3 is 2.64 bits per heavy atom. The molecule has 4 heteroatoms. The van der Waals surface area contributed by atoms with Gasteiger partial charge in [-0.25, -0.2) is 0 Å². The summed E-state index contributed by atoms with van der Waals surface area (Å²) in [6.07, 6.45) is 3.40. The molecule has 0 aliphatic rings. The zero-order valence-electron chi connectivity index (χ0n) is 13.0. The molecular formula is C18H18ClN3. The summed E-state index contributed by atoms with van der Waals surface area (Å²) in [4.78, 5) is 11.1. The molecule has 112 valence electrons. The number of aryl methyl sites for hydroxylation is 1. The van der Waals surface area contributed by atoms with Gasteiger partial charge in [0.2, 0.25) is 0 Å². The molecule has 0 spiro atoms. The van der Waals surface area contributed by atoms with Gasteiger partial charge in [0.25, 0.3) is 0 Å². The molecule has 0 atom stereocenters. The first-order valence-corrected chi connectivity index (χ1v) is 7.70. The molecule has 0 radical (unpaired) electrons. The van der Waals surface area contributed by atoms with Crippen LogP contribution in [0.4, 0.5) is 5.69 Å². The highest BCUT2D eigenvalue weighted by Crippen LogP contribution is 2.33. The normalized spacial score (nSPS) is 10.9. The van der Waals surface area contributed by atoms with E-state index in [-0.39, 0.29) is 0 Å². The molecular weight excluding hydrogens is 294 g/mol. The van der Waals surface area contributed by atoms with E-state index in [1.807, 2.05) is 12.1 Å². The van der Waals surface area contributed by atoms with Crippen LogP contribution in [-0.4, -0.2) is 23.6 Å². The molecule has 2 aromatic carbocycles. The third kappa shape index (κ3) is 2.64. The summed E-state index contributed by atoms with van der Waals surface area (Å²) in [5, 5.41) is 0.675. The highest BCUT2D eigenvalue weighted by molar-refractivity contribution is 6.31.